The molecule has 0 spiro atoms. The van der Waals surface area contributed by atoms with E-state index in [1.807, 2.05) is 30.3 Å². The topological polar surface area (TPSA) is 94.6 Å². The predicted molar refractivity (Wildman–Crippen MR) is 104 cm³/mol. The number of carbonyl (C=O) groups excluding carboxylic acids is 1. The first-order chi connectivity index (χ1) is 13.8. The average Bonchev–Trinajstić information content (AvgIpc) is 2.76. The number of amides is 1. The van der Waals surface area contributed by atoms with Crippen LogP contribution in [0.15, 0.2) is 48.8 Å². The Balaban J connectivity index is 1.39. The van der Waals surface area contributed by atoms with Gasteiger partial charge in [0, 0.05) is 19.1 Å². The number of nitrogens with zero attached hydrogens (tertiary/aromatic N) is 2. The Labute approximate surface area is 163 Å². The van der Waals surface area contributed by atoms with Crippen molar-refractivity contribution >= 4 is 17.8 Å². The van der Waals surface area contributed by atoms with E-state index in [9.17, 15) is 4.79 Å². The summed E-state index contributed by atoms with van der Waals surface area (Å²) in [6, 6.07) is 9.59. The third-order valence-corrected chi connectivity index (χ3v) is 3.91. The molecule has 0 bridgehead atoms. The van der Waals surface area contributed by atoms with Gasteiger partial charge in [0.25, 0.3) is 5.91 Å². The summed E-state index contributed by atoms with van der Waals surface area (Å²) in [6.07, 6.45) is 8.55. The van der Waals surface area contributed by atoms with E-state index in [0.29, 0.717) is 31.3 Å². The van der Waals surface area contributed by atoms with Gasteiger partial charge >= 0.3 is 0 Å². The van der Waals surface area contributed by atoms with Gasteiger partial charge in [0.1, 0.15) is 18.2 Å². The van der Waals surface area contributed by atoms with Crippen molar-refractivity contribution in [3.05, 3.63) is 54.5 Å². The lowest BCUT2D eigenvalue weighted by Crippen LogP contribution is -2.32. The summed E-state index contributed by atoms with van der Waals surface area (Å²) in [5.74, 6) is 1.04. The first kappa shape index (κ1) is 19.8. The Morgan fingerprint density at radius 1 is 1.25 bits per heavy atom. The van der Waals surface area contributed by atoms with Crippen LogP contribution in [0.2, 0.25) is 0 Å². The van der Waals surface area contributed by atoms with Crippen LogP contribution in [0.5, 0.6) is 5.75 Å². The molecule has 3 rings (SSSR count). The van der Waals surface area contributed by atoms with E-state index in [4.69, 9.17) is 14.3 Å². The van der Waals surface area contributed by atoms with Gasteiger partial charge in [-0.05, 0) is 31.1 Å². The molecule has 148 valence electrons. The molecule has 8 nitrogen and oxygen atoms in total. The Morgan fingerprint density at radius 2 is 2.14 bits per heavy atom. The van der Waals surface area contributed by atoms with E-state index in [-0.39, 0.29) is 12.2 Å². The zero-order valence-corrected chi connectivity index (χ0v) is 15.5. The van der Waals surface area contributed by atoms with Gasteiger partial charge in [-0.2, -0.15) is 0 Å². The van der Waals surface area contributed by atoms with Crippen LogP contribution < -0.4 is 15.5 Å². The predicted octanol–water partition coefficient (Wildman–Crippen LogP) is 2.56. The highest BCUT2D eigenvalue weighted by Crippen LogP contribution is 2.12. The van der Waals surface area contributed by atoms with Gasteiger partial charge < -0.3 is 14.8 Å². The number of aromatic nitrogens is 2. The summed E-state index contributed by atoms with van der Waals surface area (Å²) in [7, 11) is 0. The molecule has 1 amide bonds. The zero-order valence-electron chi connectivity index (χ0n) is 15.5. The second kappa shape index (κ2) is 11.0. The van der Waals surface area contributed by atoms with E-state index in [0.717, 1.165) is 25.0 Å². The van der Waals surface area contributed by atoms with Crippen molar-refractivity contribution in [3.8, 4) is 5.75 Å². The molecule has 28 heavy (non-hydrogen) atoms. The molecular formula is C20H24N4O4. The number of ether oxygens (including phenoxy) is 2. The second-order valence-corrected chi connectivity index (χ2v) is 6.13. The number of hydrogen-bond donors (Lipinski definition) is 2. The maximum absolute atomic E-state index is 11.8. The Hall–Kier alpha value is -2.97. The van der Waals surface area contributed by atoms with Crippen LogP contribution >= 0.6 is 0 Å². The summed E-state index contributed by atoms with van der Waals surface area (Å²) >= 11 is 0. The number of hydrogen-bond acceptors (Lipinski definition) is 7. The second-order valence-electron chi connectivity index (χ2n) is 6.13. The standard InChI is InChI=1S/C20H24N4O4/c25-19(24-28-20-8-4-5-12-27-20)10-9-16-14-21-15-18(23-16)22-11-13-26-17-6-2-1-3-7-17/h1-3,6-7,9-10,14-15,20H,4-5,8,11-13H2,(H,22,23)(H,24,25). The molecule has 1 unspecified atom stereocenters. The fraction of sp³-hybridized carbons (Fsp3) is 0.350. The average molecular weight is 384 g/mol. The number of nitrogens with one attached hydrogen (secondary N) is 2. The number of hydroxylamine groups is 1. The van der Waals surface area contributed by atoms with Crippen LogP contribution in [0.4, 0.5) is 5.82 Å². The van der Waals surface area contributed by atoms with Gasteiger partial charge in [-0.3, -0.25) is 9.78 Å². The molecule has 2 aromatic rings. The fourth-order valence-electron chi connectivity index (χ4n) is 2.53. The minimum atomic E-state index is -0.384. The zero-order chi connectivity index (χ0) is 19.4. The maximum Gasteiger partial charge on any atom is 0.267 e. The highest BCUT2D eigenvalue weighted by Gasteiger charge is 2.14. The minimum absolute atomic E-state index is 0.378. The van der Waals surface area contributed by atoms with Crippen molar-refractivity contribution in [3.63, 3.8) is 0 Å². The summed E-state index contributed by atoms with van der Waals surface area (Å²) in [5.41, 5.74) is 2.92. The van der Waals surface area contributed by atoms with Crippen LogP contribution in [0, 0.1) is 0 Å². The number of para-hydroxylation sites is 1. The van der Waals surface area contributed by atoms with Gasteiger partial charge in [0.05, 0.1) is 24.6 Å². The molecule has 1 aliphatic rings. The quantitative estimate of drug-likeness (QED) is 0.390. The molecule has 1 aromatic carbocycles. The number of anilines is 1. The number of benzene rings is 1. The normalized spacial score (nSPS) is 16.6. The third-order valence-electron chi connectivity index (χ3n) is 3.91. The molecule has 1 saturated heterocycles. The van der Waals surface area contributed by atoms with Gasteiger partial charge in [-0.25, -0.2) is 15.3 Å². The fourth-order valence-corrected chi connectivity index (χ4v) is 2.53. The molecule has 0 aliphatic carbocycles. The molecule has 1 aliphatic heterocycles. The van der Waals surface area contributed by atoms with Crippen LogP contribution in [0.25, 0.3) is 6.08 Å². The molecule has 1 aromatic heterocycles. The summed E-state index contributed by atoms with van der Waals surface area (Å²) < 4.78 is 11.0. The van der Waals surface area contributed by atoms with Crippen molar-refractivity contribution < 1.29 is 19.1 Å². The van der Waals surface area contributed by atoms with Crippen molar-refractivity contribution in [2.75, 3.05) is 25.1 Å². The van der Waals surface area contributed by atoms with Crippen LogP contribution in [-0.2, 0) is 14.4 Å². The SMILES string of the molecule is O=C(C=Cc1cncc(NCCOc2ccccc2)n1)NOC1CCCCO1. The first-order valence-corrected chi connectivity index (χ1v) is 9.29. The lowest BCUT2D eigenvalue weighted by molar-refractivity contribution is -0.198. The lowest BCUT2D eigenvalue weighted by atomic mass is 10.2. The van der Waals surface area contributed by atoms with Gasteiger partial charge in [0.2, 0.25) is 0 Å². The van der Waals surface area contributed by atoms with Gasteiger partial charge in [-0.1, -0.05) is 18.2 Å². The third kappa shape index (κ3) is 6.98. The van der Waals surface area contributed by atoms with E-state index < -0.39 is 0 Å². The highest BCUT2D eigenvalue weighted by atomic mass is 16.8. The Kier molecular flexibility index (Phi) is 7.78. The molecule has 1 fully saturated rings. The first-order valence-electron chi connectivity index (χ1n) is 9.29. The molecule has 0 saturated carbocycles. The van der Waals surface area contributed by atoms with Crippen LogP contribution in [0.1, 0.15) is 25.0 Å². The number of carbonyl (C=O) groups is 1. The van der Waals surface area contributed by atoms with E-state index in [1.165, 1.54) is 6.08 Å². The van der Waals surface area contributed by atoms with Crippen molar-refractivity contribution in [2.24, 2.45) is 0 Å². The van der Waals surface area contributed by atoms with Gasteiger partial charge in [-0.15, -0.1) is 0 Å². The maximum atomic E-state index is 11.8. The van der Waals surface area contributed by atoms with Crippen molar-refractivity contribution in [2.45, 2.75) is 25.6 Å². The molecule has 0 radical (unpaired) electrons. The summed E-state index contributed by atoms with van der Waals surface area (Å²) in [4.78, 5) is 25.6. The number of rotatable bonds is 9. The summed E-state index contributed by atoms with van der Waals surface area (Å²) in [5, 5.41) is 3.14. The highest BCUT2D eigenvalue weighted by molar-refractivity contribution is 5.90. The minimum Gasteiger partial charge on any atom is -0.492 e. The van der Waals surface area contributed by atoms with Crippen LogP contribution in [-0.4, -0.2) is 41.9 Å². The Bertz CT molecular complexity index is 764. The lowest BCUT2D eigenvalue weighted by Gasteiger charge is -2.21. The van der Waals surface area contributed by atoms with Crippen molar-refractivity contribution in [1.82, 2.24) is 15.4 Å². The molecular weight excluding hydrogens is 360 g/mol. The monoisotopic (exact) mass is 384 g/mol. The van der Waals surface area contributed by atoms with Crippen molar-refractivity contribution in [1.29, 1.82) is 0 Å². The van der Waals surface area contributed by atoms with E-state index in [1.54, 1.807) is 18.5 Å². The van der Waals surface area contributed by atoms with E-state index >= 15 is 0 Å². The molecule has 2 heterocycles. The molecule has 1 atom stereocenters. The summed E-state index contributed by atoms with van der Waals surface area (Å²) in [6.45, 7) is 1.73. The largest absolute Gasteiger partial charge is 0.492 e. The van der Waals surface area contributed by atoms with Gasteiger partial charge in [0.15, 0.2) is 6.29 Å². The Morgan fingerprint density at radius 3 is 2.96 bits per heavy atom. The van der Waals surface area contributed by atoms with Crippen LogP contribution in [0.3, 0.4) is 0 Å². The van der Waals surface area contributed by atoms with E-state index in [2.05, 4.69) is 20.8 Å². The molecule has 2 N–H and O–H groups in total. The molecule has 8 heteroatoms. The smallest absolute Gasteiger partial charge is 0.267 e.